The van der Waals surface area contributed by atoms with Crippen molar-refractivity contribution in [3.8, 4) is 11.5 Å². The van der Waals surface area contributed by atoms with Gasteiger partial charge in [0.15, 0.2) is 4.32 Å². The molecule has 0 saturated carbocycles. The predicted molar refractivity (Wildman–Crippen MR) is 96.8 cm³/mol. The van der Waals surface area contributed by atoms with Gasteiger partial charge in [-0.25, -0.2) is 0 Å². The van der Waals surface area contributed by atoms with E-state index < -0.39 is 0 Å². The number of ether oxygens (including phenoxy) is 1. The number of aromatic hydroxyl groups is 1. The van der Waals surface area contributed by atoms with Crippen LogP contribution in [-0.2, 0) is 4.79 Å². The second-order valence-corrected chi connectivity index (χ2v) is 6.45. The maximum absolute atomic E-state index is 12.6. The van der Waals surface area contributed by atoms with Crippen molar-refractivity contribution in [3.63, 3.8) is 0 Å². The third kappa shape index (κ3) is 3.09. The Balaban J connectivity index is 1.91. The van der Waals surface area contributed by atoms with Crippen molar-refractivity contribution in [2.24, 2.45) is 0 Å². The number of benzene rings is 2. The zero-order chi connectivity index (χ0) is 16.4. The molecular formula is C17H13NO3S2. The normalized spacial score (nSPS) is 16.2. The molecule has 1 fully saturated rings. The minimum Gasteiger partial charge on any atom is -0.506 e. The Labute approximate surface area is 143 Å². The van der Waals surface area contributed by atoms with Crippen molar-refractivity contribution in [2.75, 3.05) is 12.0 Å². The molecular weight excluding hydrogens is 330 g/mol. The second kappa shape index (κ2) is 6.44. The third-order valence-corrected chi connectivity index (χ3v) is 4.63. The number of para-hydroxylation sites is 2. The van der Waals surface area contributed by atoms with Crippen LogP contribution in [0.25, 0.3) is 6.08 Å². The summed E-state index contributed by atoms with van der Waals surface area (Å²) in [6.45, 7) is 0. The molecule has 1 amide bonds. The van der Waals surface area contributed by atoms with Gasteiger partial charge in [-0.05, 0) is 35.9 Å². The van der Waals surface area contributed by atoms with E-state index in [1.165, 1.54) is 22.7 Å². The molecule has 1 heterocycles. The quantitative estimate of drug-likeness (QED) is 0.678. The van der Waals surface area contributed by atoms with Gasteiger partial charge in [0.05, 0.1) is 17.7 Å². The lowest BCUT2D eigenvalue weighted by Crippen LogP contribution is -2.27. The number of thioether (sulfide) groups is 1. The molecule has 4 nitrogen and oxygen atoms in total. The highest BCUT2D eigenvalue weighted by molar-refractivity contribution is 8.27. The Hall–Kier alpha value is -2.31. The van der Waals surface area contributed by atoms with Gasteiger partial charge in [-0.3, -0.25) is 9.69 Å². The van der Waals surface area contributed by atoms with E-state index in [9.17, 15) is 9.90 Å². The largest absolute Gasteiger partial charge is 0.506 e. The zero-order valence-electron chi connectivity index (χ0n) is 12.2. The number of carbonyl (C=O) groups is 1. The van der Waals surface area contributed by atoms with Gasteiger partial charge in [0, 0.05) is 0 Å². The summed E-state index contributed by atoms with van der Waals surface area (Å²) in [6, 6.07) is 14.0. The average Bonchev–Trinajstić information content (AvgIpc) is 2.83. The van der Waals surface area contributed by atoms with Crippen molar-refractivity contribution < 1.29 is 14.6 Å². The molecule has 23 heavy (non-hydrogen) atoms. The first-order valence-electron chi connectivity index (χ1n) is 6.80. The summed E-state index contributed by atoms with van der Waals surface area (Å²) < 4.78 is 5.52. The summed E-state index contributed by atoms with van der Waals surface area (Å²) in [5.74, 6) is 0.538. The van der Waals surface area contributed by atoms with Gasteiger partial charge in [0.2, 0.25) is 0 Å². The lowest BCUT2D eigenvalue weighted by molar-refractivity contribution is -0.113. The number of rotatable bonds is 3. The number of hydrogen-bond acceptors (Lipinski definition) is 5. The summed E-state index contributed by atoms with van der Waals surface area (Å²) in [5.41, 5.74) is 1.27. The number of carbonyl (C=O) groups excluding carboxylic acids is 1. The molecule has 1 N–H and O–H groups in total. The van der Waals surface area contributed by atoms with Crippen molar-refractivity contribution >= 4 is 46.0 Å². The van der Waals surface area contributed by atoms with E-state index >= 15 is 0 Å². The first-order chi connectivity index (χ1) is 11.1. The Kier molecular flexibility index (Phi) is 4.36. The fourth-order valence-corrected chi connectivity index (χ4v) is 3.47. The first kappa shape index (κ1) is 15.6. The van der Waals surface area contributed by atoms with Gasteiger partial charge in [-0.2, -0.15) is 0 Å². The van der Waals surface area contributed by atoms with Crippen LogP contribution in [0, 0.1) is 0 Å². The van der Waals surface area contributed by atoms with E-state index in [0.717, 1.165) is 11.3 Å². The van der Waals surface area contributed by atoms with Crippen LogP contribution >= 0.6 is 24.0 Å². The summed E-state index contributed by atoms with van der Waals surface area (Å²) in [7, 11) is 1.60. The summed E-state index contributed by atoms with van der Waals surface area (Å²) in [5, 5.41) is 9.94. The molecule has 0 aromatic heterocycles. The fourth-order valence-electron chi connectivity index (χ4n) is 2.18. The van der Waals surface area contributed by atoms with Crippen LogP contribution in [0.3, 0.4) is 0 Å². The van der Waals surface area contributed by atoms with Crippen molar-refractivity contribution in [2.45, 2.75) is 0 Å². The Morgan fingerprint density at radius 1 is 1.17 bits per heavy atom. The summed E-state index contributed by atoms with van der Waals surface area (Å²) >= 11 is 6.50. The van der Waals surface area contributed by atoms with E-state index in [-0.39, 0.29) is 11.7 Å². The van der Waals surface area contributed by atoms with E-state index in [0.29, 0.717) is 14.9 Å². The van der Waals surface area contributed by atoms with E-state index in [4.69, 9.17) is 17.0 Å². The lowest BCUT2D eigenvalue weighted by atomic mass is 10.2. The Morgan fingerprint density at radius 3 is 2.52 bits per heavy atom. The van der Waals surface area contributed by atoms with Crippen LogP contribution in [0.2, 0.25) is 0 Å². The number of phenolic OH excluding ortho intramolecular Hbond substituents is 1. The number of phenols is 1. The highest BCUT2D eigenvalue weighted by Gasteiger charge is 2.34. The number of amides is 1. The summed E-state index contributed by atoms with van der Waals surface area (Å²) in [6.07, 6.45) is 1.78. The maximum atomic E-state index is 12.6. The van der Waals surface area contributed by atoms with E-state index in [1.807, 2.05) is 24.3 Å². The standard InChI is InChI=1S/C17H13NO3S2/c1-21-12-8-6-11(7-9-12)10-15-16(20)18(17(22)23-15)13-4-2-3-5-14(13)19/h2-10,19H,1H3/b15-10+. The van der Waals surface area contributed by atoms with Crippen LogP contribution in [0.5, 0.6) is 11.5 Å². The zero-order valence-corrected chi connectivity index (χ0v) is 13.9. The van der Waals surface area contributed by atoms with E-state index in [1.54, 1.807) is 31.4 Å². The third-order valence-electron chi connectivity index (χ3n) is 3.33. The van der Waals surface area contributed by atoms with Crippen LogP contribution in [-0.4, -0.2) is 22.4 Å². The molecule has 2 aromatic rings. The molecule has 116 valence electrons. The number of thiocarbonyl (C=S) groups is 1. The van der Waals surface area contributed by atoms with Crippen molar-refractivity contribution in [1.82, 2.24) is 0 Å². The lowest BCUT2D eigenvalue weighted by Gasteiger charge is -2.15. The number of nitrogens with zero attached hydrogens (tertiary/aromatic N) is 1. The van der Waals surface area contributed by atoms with Gasteiger partial charge >= 0.3 is 0 Å². The highest BCUT2D eigenvalue weighted by Crippen LogP contribution is 2.39. The van der Waals surface area contributed by atoms with Crippen LogP contribution in [0.1, 0.15) is 5.56 Å². The molecule has 0 aliphatic carbocycles. The minimum absolute atomic E-state index is 0.0227. The molecule has 6 heteroatoms. The van der Waals surface area contributed by atoms with Gasteiger partial charge < -0.3 is 9.84 Å². The van der Waals surface area contributed by atoms with Gasteiger partial charge in [0.1, 0.15) is 11.5 Å². The predicted octanol–water partition coefficient (Wildman–Crippen LogP) is 3.81. The monoisotopic (exact) mass is 343 g/mol. The average molecular weight is 343 g/mol. The first-order valence-corrected chi connectivity index (χ1v) is 8.02. The highest BCUT2D eigenvalue weighted by atomic mass is 32.2. The second-order valence-electron chi connectivity index (χ2n) is 4.78. The maximum Gasteiger partial charge on any atom is 0.270 e. The minimum atomic E-state index is -0.239. The smallest absolute Gasteiger partial charge is 0.270 e. The molecule has 0 bridgehead atoms. The fraction of sp³-hybridized carbons (Fsp3) is 0.0588. The van der Waals surface area contributed by atoms with Crippen LogP contribution in [0.4, 0.5) is 5.69 Å². The number of hydrogen-bond donors (Lipinski definition) is 1. The van der Waals surface area contributed by atoms with E-state index in [2.05, 4.69) is 0 Å². The summed E-state index contributed by atoms with van der Waals surface area (Å²) in [4.78, 5) is 14.5. The number of anilines is 1. The van der Waals surface area contributed by atoms with Gasteiger partial charge in [0.25, 0.3) is 5.91 Å². The molecule has 3 rings (SSSR count). The molecule has 0 radical (unpaired) electrons. The molecule has 0 atom stereocenters. The molecule has 1 saturated heterocycles. The molecule has 0 spiro atoms. The Morgan fingerprint density at radius 2 is 1.87 bits per heavy atom. The topological polar surface area (TPSA) is 49.8 Å². The van der Waals surface area contributed by atoms with Crippen molar-refractivity contribution in [1.29, 1.82) is 0 Å². The molecule has 2 aromatic carbocycles. The van der Waals surface area contributed by atoms with Crippen molar-refractivity contribution in [3.05, 3.63) is 59.0 Å². The van der Waals surface area contributed by atoms with Gasteiger partial charge in [-0.1, -0.05) is 48.2 Å². The molecule has 1 aliphatic rings. The Bertz CT molecular complexity index is 800. The molecule has 0 unspecified atom stereocenters. The van der Waals surface area contributed by atoms with Crippen LogP contribution < -0.4 is 9.64 Å². The van der Waals surface area contributed by atoms with Gasteiger partial charge in [-0.15, -0.1) is 0 Å². The molecule has 1 aliphatic heterocycles. The number of methoxy groups -OCH3 is 1. The van der Waals surface area contributed by atoms with Crippen LogP contribution in [0.15, 0.2) is 53.4 Å². The SMILES string of the molecule is COc1ccc(/C=C2/SC(=S)N(c3ccccc3O)C2=O)cc1.